The standard InChI is InChI=1S/C16H17BN4/c1-12-19-16(20-21(12)2)15-5-3-13(4-6-15)14-7-9-17(11-18)10-8-14/h3-7H,8-10H2,1-2H3. The second-order valence-electron chi connectivity index (χ2n) is 5.51. The van der Waals surface area contributed by atoms with E-state index in [1.54, 1.807) is 4.68 Å². The fourth-order valence-electron chi connectivity index (χ4n) is 2.63. The Morgan fingerprint density at radius 1 is 1.24 bits per heavy atom. The minimum atomic E-state index is 0.189. The molecular weight excluding hydrogens is 259 g/mol. The van der Waals surface area contributed by atoms with E-state index in [1.807, 2.05) is 14.0 Å². The van der Waals surface area contributed by atoms with Crippen molar-refractivity contribution in [1.29, 1.82) is 5.26 Å². The molecule has 2 aromatic rings. The van der Waals surface area contributed by atoms with Gasteiger partial charge in [-0.2, -0.15) is 5.10 Å². The second kappa shape index (κ2) is 5.57. The van der Waals surface area contributed by atoms with E-state index >= 15 is 0 Å². The average Bonchev–Trinajstić information content (AvgIpc) is 2.87. The molecule has 0 fully saturated rings. The molecule has 0 amide bonds. The predicted molar refractivity (Wildman–Crippen MR) is 84.8 cm³/mol. The zero-order chi connectivity index (χ0) is 14.8. The lowest BCUT2D eigenvalue weighted by atomic mass is 9.43. The summed E-state index contributed by atoms with van der Waals surface area (Å²) in [6.07, 6.45) is 5.02. The van der Waals surface area contributed by atoms with Crippen molar-refractivity contribution in [2.24, 2.45) is 7.05 Å². The lowest BCUT2D eigenvalue weighted by Crippen LogP contribution is -2.12. The Bertz CT molecular complexity index is 702. The van der Waals surface area contributed by atoms with E-state index in [0.29, 0.717) is 0 Å². The van der Waals surface area contributed by atoms with Gasteiger partial charge >= 0.3 is 0 Å². The van der Waals surface area contributed by atoms with Crippen LogP contribution in [0, 0.1) is 18.2 Å². The van der Waals surface area contributed by atoms with Gasteiger partial charge in [-0.3, -0.25) is 4.68 Å². The summed E-state index contributed by atoms with van der Waals surface area (Å²) in [5.41, 5.74) is 3.62. The highest BCUT2D eigenvalue weighted by Crippen LogP contribution is 2.28. The maximum atomic E-state index is 8.94. The molecule has 5 heteroatoms. The molecule has 0 atom stereocenters. The van der Waals surface area contributed by atoms with Crippen molar-refractivity contribution in [3.05, 3.63) is 41.7 Å². The van der Waals surface area contributed by atoms with Crippen molar-refractivity contribution in [2.45, 2.75) is 26.0 Å². The molecule has 0 saturated heterocycles. The predicted octanol–water partition coefficient (Wildman–Crippen LogP) is 3.14. The monoisotopic (exact) mass is 276 g/mol. The summed E-state index contributed by atoms with van der Waals surface area (Å²) in [6.45, 7) is 2.14. The van der Waals surface area contributed by atoms with Crippen molar-refractivity contribution >= 4 is 12.3 Å². The minimum Gasteiger partial charge on any atom is -0.253 e. The summed E-state index contributed by atoms with van der Waals surface area (Å²) in [7, 11) is 1.90. The van der Waals surface area contributed by atoms with Gasteiger partial charge in [-0.05, 0) is 30.8 Å². The molecule has 0 N–H and O–H groups in total. The fourth-order valence-corrected chi connectivity index (χ4v) is 2.63. The van der Waals surface area contributed by atoms with E-state index in [-0.39, 0.29) is 6.71 Å². The van der Waals surface area contributed by atoms with Crippen LogP contribution in [-0.4, -0.2) is 21.5 Å². The van der Waals surface area contributed by atoms with Crippen LogP contribution in [-0.2, 0) is 7.05 Å². The summed E-state index contributed by atoms with van der Waals surface area (Å²) < 4.78 is 1.79. The second-order valence-corrected chi connectivity index (χ2v) is 5.51. The van der Waals surface area contributed by atoms with Crippen LogP contribution < -0.4 is 0 Å². The molecule has 104 valence electrons. The van der Waals surface area contributed by atoms with Crippen molar-refractivity contribution < 1.29 is 0 Å². The van der Waals surface area contributed by atoms with E-state index < -0.39 is 0 Å². The summed E-state index contributed by atoms with van der Waals surface area (Å²) >= 11 is 0. The van der Waals surface area contributed by atoms with Crippen molar-refractivity contribution in [1.82, 2.24) is 14.8 Å². The van der Waals surface area contributed by atoms with E-state index in [9.17, 15) is 0 Å². The van der Waals surface area contributed by atoms with Gasteiger partial charge in [0, 0.05) is 18.6 Å². The number of aryl methyl sites for hydroxylation is 2. The quantitative estimate of drug-likeness (QED) is 0.792. The molecule has 21 heavy (non-hydrogen) atoms. The molecule has 0 unspecified atom stereocenters. The van der Waals surface area contributed by atoms with Crippen LogP contribution in [0.15, 0.2) is 30.3 Å². The summed E-state index contributed by atoms with van der Waals surface area (Å²) in [4.78, 5) is 4.44. The van der Waals surface area contributed by atoms with Gasteiger partial charge < -0.3 is 0 Å². The molecule has 4 nitrogen and oxygen atoms in total. The highest BCUT2D eigenvalue weighted by atomic mass is 15.3. The van der Waals surface area contributed by atoms with Crippen LogP contribution >= 0.6 is 0 Å². The number of nitrogens with zero attached hydrogens (tertiary/aromatic N) is 4. The Hall–Kier alpha value is -2.35. The third-order valence-electron chi connectivity index (χ3n) is 4.09. The Labute approximate surface area is 125 Å². The van der Waals surface area contributed by atoms with Gasteiger partial charge in [-0.15, -0.1) is 0 Å². The van der Waals surface area contributed by atoms with Crippen LogP contribution in [0.4, 0.5) is 0 Å². The molecule has 0 radical (unpaired) electrons. The number of benzene rings is 1. The zero-order valence-electron chi connectivity index (χ0n) is 12.4. The summed E-state index contributed by atoms with van der Waals surface area (Å²) in [5, 5.41) is 13.3. The van der Waals surface area contributed by atoms with Crippen molar-refractivity contribution in [3.8, 4) is 17.4 Å². The normalized spacial score (nSPS) is 14.7. The smallest absolute Gasteiger partial charge is 0.253 e. The van der Waals surface area contributed by atoms with Crippen LogP contribution in [0.2, 0.25) is 12.6 Å². The molecule has 0 spiro atoms. The first-order valence-electron chi connectivity index (χ1n) is 7.24. The van der Waals surface area contributed by atoms with Gasteiger partial charge in [0.15, 0.2) is 5.82 Å². The Kier molecular flexibility index (Phi) is 3.61. The number of nitriles is 1. The molecule has 1 aromatic carbocycles. The lowest BCUT2D eigenvalue weighted by molar-refractivity contribution is 0.736. The lowest BCUT2D eigenvalue weighted by Gasteiger charge is -2.14. The van der Waals surface area contributed by atoms with Crippen LogP contribution in [0.5, 0.6) is 0 Å². The minimum absolute atomic E-state index is 0.189. The molecule has 1 aromatic heterocycles. The first kappa shape index (κ1) is 13.6. The summed E-state index contributed by atoms with van der Waals surface area (Å²) in [5.74, 6) is 4.03. The van der Waals surface area contributed by atoms with Gasteiger partial charge in [0.2, 0.25) is 0 Å². The molecule has 0 saturated carbocycles. The van der Waals surface area contributed by atoms with E-state index in [0.717, 1.165) is 36.3 Å². The van der Waals surface area contributed by atoms with E-state index in [1.165, 1.54) is 11.1 Å². The molecule has 1 aliphatic heterocycles. The van der Waals surface area contributed by atoms with E-state index in [4.69, 9.17) is 5.26 Å². The van der Waals surface area contributed by atoms with Gasteiger partial charge in [0.1, 0.15) is 5.82 Å². The SMILES string of the molecule is Cc1nc(-c2ccc(C3=CCB(C#N)CC3)cc2)nn1C. The molecule has 1 aliphatic rings. The van der Waals surface area contributed by atoms with E-state index in [2.05, 4.69) is 46.4 Å². The van der Waals surface area contributed by atoms with Crippen LogP contribution in [0.3, 0.4) is 0 Å². The van der Waals surface area contributed by atoms with Gasteiger partial charge in [-0.25, -0.2) is 10.2 Å². The molecule has 2 heterocycles. The maximum absolute atomic E-state index is 8.94. The van der Waals surface area contributed by atoms with Gasteiger partial charge in [-0.1, -0.05) is 36.7 Å². The largest absolute Gasteiger partial charge is 0.271 e. The maximum Gasteiger partial charge on any atom is 0.271 e. The number of allylic oxidation sites excluding steroid dienone is 2. The average molecular weight is 276 g/mol. The van der Waals surface area contributed by atoms with Crippen LogP contribution in [0.25, 0.3) is 17.0 Å². The molecule has 0 bridgehead atoms. The third kappa shape index (κ3) is 2.75. The van der Waals surface area contributed by atoms with Crippen LogP contribution in [0.1, 0.15) is 17.8 Å². The molecule has 3 rings (SSSR count). The first-order valence-corrected chi connectivity index (χ1v) is 7.24. The van der Waals surface area contributed by atoms with Crippen molar-refractivity contribution in [3.63, 3.8) is 0 Å². The number of hydrogen-bond donors (Lipinski definition) is 0. The topological polar surface area (TPSA) is 54.5 Å². The van der Waals surface area contributed by atoms with Gasteiger partial charge in [0.25, 0.3) is 6.71 Å². The first-order chi connectivity index (χ1) is 10.2. The third-order valence-corrected chi connectivity index (χ3v) is 4.09. The zero-order valence-corrected chi connectivity index (χ0v) is 12.4. The molecule has 0 aliphatic carbocycles. The Morgan fingerprint density at radius 2 is 1.95 bits per heavy atom. The number of aromatic nitrogens is 3. The molecular formula is C16H17BN4. The fraction of sp³-hybridized carbons (Fsp3) is 0.312. The Morgan fingerprint density at radius 3 is 2.48 bits per heavy atom. The van der Waals surface area contributed by atoms with Crippen molar-refractivity contribution in [2.75, 3.05) is 0 Å². The highest BCUT2D eigenvalue weighted by molar-refractivity contribution is 6.67. The van der Waals surface area contributed by atoms with Gasteiger partial charge in [0.05, 0.1) is 0 Å². The number of hydrogen-bond acceptors (Lipinski definition) is 3. The summed E-state index contributed by atoms with van der Waals surface area (Å²) in [6, 6.07) is 8.39. The number of rotatable bonds is 2. The highest BCUT2D eigenvalue weighted by Gasteiger charge is 2.18. The Balaban J connectivity index is 1.82.